The highest BCUT2D eigenvalue weighted by atomic mass is 35.5. The van der Waals surface area contributed by atoms with Gasteiger partial charge >= 0.3 is 0 Å². The summed E-state index contributed by atoms with van der Waals surface area (Å²) < 4.78 is 26.6. The Morgan fingerprint density at radius 1 is 1.11 bits per heavy atom. The SMILES string of the molecule is CC(NC(=O)c1ccc(C(C)(C)C)cc1)C(=O)NS(=O)(=O)c1cc(Cl)sc1Cl. The summed E-state index contributed by atoms with van der Waals surface area (Å²) >= 11 is 12.5. The fourth-order valence-electron chi connectivity index (χ4n) is 2.25. The molecule has 0 saturated carbocycles. The number of halogens is 2. The Morgan fingerprint density at radius 2 is 1.68 bits per heavy atom. The number of sulfonamides is 1. The van der Waals surface area contributed by atoms with E-state index in [0.717, 1.165) is 23.0 Å². The molecule has 0 spiro atoms. The maximum Gasteiger partial charge on any atom is 0.266 e. The molecule has 28 heavy (non-hydrogen) atoms. The Bertz CT molecular complexity index is 994. The predicted molar refractivity (Wildman–Crippen MR) is 112 cm³/mol. The number of thiophene rings is 1. The first-order valence-electron chi connectivity index (χ1n) is 8.24. The molecule has 0 aliphatic carbocycles. The second kappa shape index (κ2) is 8.41. The van der Waals surface area contributed by atoms with Crippen LogP contribution in [0.15, 0.2) is 35.2 Å². The maximum absolute atomic E-state index is 12.3. The molecule has 152 valence electrons. The standard InChI is InChI=1S/C18H20Cl2N2O4S2/c1-10(16(23)22-28(25,26)13-9-14(19)27-15(13)20)21-17(24)11-5-7-12(8-6-11)18(2,3)4/h5-10H,1-4H3,(H,21,24)(H,22,23). The number of rotatable bonds is 5. The highest BCUT2D eigenvalue weighted by Gasteiger charge is 2.26. The van der Waals surface area contributed by atoms with Crippen LogP contribution in [0.25, 0.3) is 0 Å². The van der Waals surface area contributed by atoms with Crippen LogP contribution in [0, 0.1) is 0 Å². The van der Waals surface area contributed by atoms with Gasteiger partial charge in [0.05, 0.1) is 4.34 Å². The minimum atomic E-state index is -4.19. The molecule has 0 saturated heterocycles. The molecule has 10 heteroatoms. The van der Waals surface area contributed by atoms with Crippen LogP contribution >= 0.6 is 34.5 Å². The van der Waals surface area contributed by atoms with E-state index in [0.29, 0.717) is 5.56 Å². The Hall–Kier alpha value is -1.61. The van der Waals surface area contributed by atoms with E-state index in [-0.39, 0.29) is 19.0 Å². The Balaban J connectivity index is 2.05. The van der Waals surface area contributed by atoms with Crippen molar-refractivity contribution in [2.75, 3.05) is 0 Å². The summed E-state index contributed by atoms with van der Waals surface area (Å²) in [4.78, 5) is 24.3. The summed E-state index contributed by atoms with van der Waals surface area (Å²) in [6.45, 7) is 7.56. The molecule has 2 rings (SSSR count). The summed E-state index contributed by atoms with van der Waals surface area (Å²) in [7, 11) is -4.19. The van der Waals surface area contributed by atoms with Gasteiger partial charge in [0, 0.05) is 5.56 Å². The van der Waals surface area contributed by atoms with Gasteiger partial charge in [-0.1, -0.05) is 56.1 Å². The van der Waals surface area contributed by atoms with Gasteiger partial charge in [0.2, 0.25) is 0 Å². The van der Waals surface area contributed by atoms with E-state index in [1.165, 1.54) is 6.92 Å². The Kier molecular flexibility index (Phi) is 6.81. The molecule has 1 aromatic heterocycles. The van der Waals surface area contributed by atoms with Crippen molar-refractivity contribution in [1.29, 1.82) is 0 Å². The van der Waals surface area contributed by atoms with Crippen LogP contribution in [-0.2, 0) is 20.2 Å². The second-order valence-corrected chi connectivity index (χ2v) is 11.1. The third kappa shape index (κ3) is 5.47. The Labute approximate surface area is 178 Å². The fourth-order valence-corrected chi connectivity index (χ4v) is 5.46. The van der Waals surface area contributed by atoms with Gasteiger partial charge in [-0.25, -0.2) is 13.1 Å². The van der Waals surface area contributed by atoms with Crippen molar-refractivity contribution in [3.8, 4) is 0 Å². The molecule has 0 fully saturated rings. The largest absolute Gasteiger partial charge is 0.340 e. The second-order valence-electron chi connectivity index (χ2n) is 7.18. The first kappa shape index (κ1) is 22.7. The van der Waals surface area contributed by atoms with Crippen LogP contribution in [0.4, 0.5) is 0 Å². The van der Waals surface area contributed by atoms with Crippen molar-refractivity contribution in [3.63, 3.8) is 0 Å². The average Bonchev–Trinajstić information content (AvgIpc) is 2.93. The first-order chi connectivity index (χ1) is 12.8. The molecule has 1 aromatic carbocycles. The predicted octanol–water partition coefficient (Wildman–Crippen LogP) is 3.98. The van der Waals surface area contributed by atoms with Gasteiger partial charge in [0.15, 0.2) is 0 Å². The number of hydrogen-bond acceptors (Lipinski definition) is 5. The number of amides is 2. The lowest BCUT2D eigenvalue weighted by Gasteiger charge is -2.19. The molecule has 1 unspecified atom stereocenters. The lowest BCUT2D eigenvalue weighted by atomic mass is 9.86. The minimum Gasteiger partial charge on any atom is -0.340 e. The number of carbonyl (C=O) groups excluding carboxylic acids is 2. The molecular formula is C18H20Cl2N2O4S2. The fraction of sp³-hybridized carbons (Fsp3) is 0.333. The summed E-state index contributed by atoms with van der Waals surface area (Å²) in [5.74, 6) is -1.38. The van der Waals surface area contributed by atoms with E-state index in [2.05, 4.69) is 26.1 Å². The number of carbonyl (C=O) groups is 2. The molecule has 0 aliphatic heterocycles. The molecule has 2 aromatic rings. The summed E-state index contributed by atoms with van der Waals surface area (Å²) in [6.07, 6.45) is 0. The van der Waals surface area contributed by atoms with E-state index in [1.54, 1.807) is 12.1 Å². The van der Waals surface area contributed by atoms with E-state index < -0.39 is 27.9 Å². The van der Waals surface area contributed by atoms with Crippen LogP contribution < -0.4 is 10.0 Å². The Morgan fingerprint density at radius 3 is 2.14 bits per heavy atom. The third-order valence-electron chi connectivity index (χ3n) is 3.90. The van der Waals surface area contributed by atoms with Crippen LogP contribution in [0.1, 0.15) is 43.6 Å². The third-order valence-corrected chi connectivity index (χ3v) is 7.00. The van der Waals surface area contributed by atoms with Crippen molar-refractivity contribution in [2.24, 2.45) is 0 Å². The molecule has 0 radical (unpaired) electrons. The smallest absolute Gasteiger partial charge is 0.266 e. The van der Waals surface area contributed by atoms with Crippen LogP contribution in [-0.4, -0.2) is 26.3 Å². The minimum absolute atomic E-state index is 0.0532. The normalized spacial score (nSPS) is 13.1. The lowest BCUT2D eigenvalue weighted by molar-refractivity contribution is -0.120. The van der Waals surface area contributed by atoms with Gasteiger partial charge in [-0.05, 0) is 36.1 Å². The van der Waals surface area contributed by atoms with E-state index in [9.17, 15) is 18.0 Å². The monoisotopic (exact) mass is 462 g/mol. The van der Waals surface area contributed by atoms with E-state index in [4.69, 9.17) is 23.2 Å². The zero-order chi connectivity index (χ0) is 21.3. The summed E-state index contributed by atoms with van der Waals surface area (Å²) in [5.41, 5.74) is 1.37. The van der Waals surface area contributed by atoms with Gasteiger partial charge in [-0.3, -0.25) is 9.59 Å². The zero-order valence-corrected chi connectivity index (χ0v) is 18.8. The molecule has 0 bridgehead atoms. The molecule has 0 aliphatic rings. The van der Waals surface area contributed by atoms with Crippen molar-refractivity contribution in [1.82, 2.24) is 10.0 Å². The number of nitrogens with one attached hydrogen (secondary N) is 2. The summed E-state index contributed by atoms with van der Waals surface area (Å²) in [5, 5.41) is 2.48. The van der Waals surface area contributed by atoms with Gasteiger partial charge in [0.25, 0.3) is 21.8 Å². The zero-order valence-electron chi connectivity index (χ0n) is 15.7. The van der Waals surface area contributed by atoms with Crippen molar-refractivity contribution in [2.45, 2.75) is 44.0 Å². The quantitative estimate of drug-likeness (QED) is 0.702. The molecular weight excluding hydrogens is 443 g/mol. The number of hydrogen-bond donors (Lipinski definition) is 2. The maximum atomic E-state index is 12.3. The topological polar surface area (TPSA) is 92.3 Å². The van der Waals surface area contributed by atoms with Gasteiger partial charge in [-0.15, -0.1) is 11.3 Å². The lowest BCUT2D eigenvalue weighted by Crippen LogP contribution is -2.46. The summed E-state index contributed by atoms with van der Waals surface area (Å²) in [6, 6.07) is 7.06. The van der Waals surface area contributed by atoms with Gasteiger partial charge in [0.1, 0.15) is 15.3 Å². The highest BCUT2D eigenvalue weighted by Crippen LogP contribution is 2.34. The molecule has 2 amide bonds. The van der Waals surface area contributed by atoms with Gasteiger partial charge < -0.3 is 5.32 Å². The van der Waals surface area contributed by atoms with E-state index in [1.807, 2.05) is 16.9 Å². The van der Waals surface area contributed by atoms with Crippen molar-refractivity contribution >= 4 is 56.4 Å². The molecule has 1 heterocycles. The number of benzene rings is 1. The molecule has 6 nitrogen and oxygen atoms in total. The van der Waals surface area contributed by atoms with Crippen LogP contribution in [0.2, 0.25) is 8.67 Å². The van der Waals surface area contributed by atoms with Crippen LogP contribution in [0.3, 0.4) is 0 Å². The first-order valence-corrected chi connectivity index (χ1v) is 11.3. The molecule has 2 N–H and O–H groups in total. The van der Waals surface area contributed by atoms with E-state index >= 15 is 0 Å². The molecule has 1 atom stereocenters. The average molecular weight is 463 g/mol. The van der Waals surface area contributed by atoms with Crippen molar-refractivity contribution in [3.05, 3.63) is 50.1 Å². The van der Waals surface area contributed by atoms with Crippen molar-refractivity contribution < 1.29 is 18.0 Å². The van der Waals surface area contributed by atoms with Crippen LogP contribution in [0.5, 0.6) is 0 Å². The highest BCUT2D eigenvalue weighted by molar-refractivity contribution is 7.90. The van der Waals surface area contributed by atoms with Gasteiger partial charge in [-0.2, -0.15) is 0 Å².